The lowest BCUT2D eigenvalue weighted by molar-refractivity contribution is 0.590. The molecule has 6 nitrogen and oxygen atoms in total. The molecule has 36 heavy (non-hydrogen) atoms. The number of nitrogens with zero attached hydrogens (tertiary/aromatic N) is 4. The van der Waals surface area contributed by atoms with Gasteiger partial charge in [-0.25, -0.2) is 18.7 Å². The minimum atomic E-state index is -0.568. The van der Waals surface area contributed by atoms with Gasteiger partial charge in [0.05, 0.1) is 18.6 Å². The van der Waals surface area contributed by atoms with Gasteiger partial charge in [-0.05, 0) is 40.3 Å². The molecule has 2 heterocycles. The fraction of sp³-hybridized carbons (Fsp3) is 0.207. The van der Waals surface area contributed by atoms with Crippen LogP contribution in [0.2, 0.25) is 0 Å². The van der Waals surface area contributed by atoms with Crippen molar-refractivity contribution in [2.75, 3.05) is 0 Å². The second-order valence-electron chi connectivity index (χ2n) is 9.97. The summed E-state index contributed by atoms with van der Waals surface area (Å²) in [7, 11) is 0. The number of hydrogen-bond donors (Lipinski definition) is 0. The van der Waals surface area contributed by atoms with Crippen LogP contribution in [0.4, 0.5) is 4.39 Å². The molecular formula is C29H27FN4O2. The highest BCUT2D eigenvalue weighted by molar-refractivity contribution is 5.72. The van der Waals surface area contributed by atoms with Crippen molar-refractivity contribution in [3.63, 3.8) is 0 Å². The number of hydrogen-bond acceptors (Lipinski definition) is 3. The number of imidazole rings is 1. The highest BCUT2D eigenvalue weighted by atomic mass is 19.1. The van der Waals surface area contributed by atoms with E-state index in [4.69, 9.17) is 0 Å². The Morgan fingerprint density at radius 1 is 0.833 bits per heavy atom. The average Bonchev–Trinajstić information content (AvgIpc) is 3.25. The molecule has 5 rings (SSSR count). The Hall–Kier alpha value is -4.26. The van der Waals surface area contributed by atoms with E-state index in [-0.39, 0.29) is 23.1 Å². The van der Waals surface area contributed by atoms with E-state index in [9.17, 15) is 14.0 Å². The van der Waals surface area contributed by atoms with E-state index in [1.807, 2.05) is 42.5 Å². The average molecular weight is 483 g/mol. The lowest BCUT2D eigenvalue weighted by Gasteiger charge is -2.19. The second-order valence-corrected chi connectivity index (χ2v) is 9.97. The Bertz CT molecular complexity index is 1660. The molecule has 0 spiro atoms. The minimum absolute atomic E-state index is 0.0342. The van der Waals surface area contributed by atoms with Crippen LogP contribution < -0.4 is 11.2 Å². The van der Waals surface area contributed by atoms with Crippen molar-refractivity contribution < 1.29 is 4.39 Å². The molecule has 0 saturated carbocycles. The van der Waals surface area contributed by atoms with Crippen molar-refractivity contribution in [1.82, 2.24) is 18.7 Å². The van der Waals surface area contributed by atoms with Crippen molar-refractivity contribution in [3.05, 3.63) is 129 Å². The van der Waals surface area contributed by atoms with E-state index in [0.717, 1.165) is 11.1 Å². The van der Waals surface area contributed by atoms with E-state index in [0.29, 0.717) is 12.2 Å². The third kappa shape index (κ3) is 4.40. The van der Waals surface area contributed by atoms with Gasteiger partial charge in [-0.1, -0.05) is 81.4 Å². The minimum Gasteiger partial charge on any atom is -0.320 e. The van der Waals surface area contributed by atoms with Crippen LogP contribution in [0.25, 0.3) is 16.9 Å². The van der Waals surface area contributed by atoms with Gasteiger partial charge in [-0.3, -0.25) is 9.36 Å². The Balaban J connectivity index is 1.69. The molecule has 0 atom stereocenters. The molecular weight excluding hydrogens is 455 g/mol. The summed E-state index contributed by atoms with van der Waals surface area (Å²) < 4.78 is 18.4. The Morgan fingerprint density at radius 2 is 1.53 bits per heavy atom. The standard InChI is InChI=1S/C29H27FN4O2/c1-29(2,3)22-14-12-21(13-15-22)17-32-19-31-26-25(32)27(35)33(18-20-8-5-4-6-9-20)28(36)34(26)24-11-7-10-23(30)16-24/h4-16,19H,17-18H2,1-3H3. The molecule has 182 valence electrons. The lowest BCUT2D eigenvalue weighted by atomic mass is 9.87. The predicted molar refractivity (Wildman–Crippen MR) is 139 cm³/mol. The molecule has 0 amide bonds. The maximum absolute atomic E-state index is 14.1. The van der Waals surface area contributed by atoms with Gasteiger partial charge in [0.2, 0.25) is 0 Å². The van der Waals surface area contributed by atoms with E-state index >= 15 is 0 Å². The van der Waals surface area contributed by atoms with Crippen LogP contribution in [-0.4, -0.2) is 18.7 Å². The molecule has 0 N–H and O–H groups in total. The lowest BCUT2D eigenvalue weighted by Crippen LogP contribution is -2.40. The van der Waals surface area contributed by atoms with Gasteiger partial charge < -0.3 is 4.57 Å². The molecule has 0 saturated heterocycles. The second kappa shape index (κ2) is 9.07. The van der Waals surface area contributed by atoms with E-state index in [1.54, 1.807) is 17.0 Å². The van der Waals surface area contributed by atoms with E-state index < -0.39 is 17.1 Å². The number of halogens is 1. The Morgan fingerprint density at radius 3 is 2.19 bits per heavy atom. The first-order chi connectivity index (χ1) is 17.2. The molecule has 0 radical (unpaired) electrons. The molecule has 3 aromatic carbocycles. The number of benzene rings is 3. The monoisotopic (exact) mass is 482 g/mol. The molecule has 0 aliphatic heterocycles. The van der Waals surface area contributed by atoms with Crippen LogP contribution >= 0.6 is 0 Å². The van der Waals surface area contributed by atoms with Crippen molar-refractivity contribution in [3.8, 4) is 5.69 Å². The molecule has 0 unspecified atom stereocenters. The fourth-order valence-electron chi connectivity index (χ4n) is 4.36. The smallest absolute Gasteiger partial charge is 0.320 e. The molecule has 0 bridgehead atoms. The number of fused-ring (bicyclic) bond motifs is 1. The molecule has 5 aromatic rings. The zero-order chi connectivity index (χ0) is 25.4. The summed E-state index contributed by atoms with van der Waals surface area (Å²) in [4.78, 5) is 31.7. The van der Waals surface area contributed by atoms with Crippen molar-refractivity contribution in [1.29, 1.82) is 0 Å². The summed E-state index contributed by atoms with van der Waals surface area (Å²) in [6.45, 7) is 6.98. The van der Waals surface area contributed by atoms with Gasteiger partial charge in [-0.15, -0.1) is 0 Å². The normalized spacial score (nSPS) is 11.8. The summed E-state index contributed by atoms with van der Waals surface area (Å²) in [6.07, 6.45) is 1.56. The van der Waals surface area contributed by atoms with Crippen LogP contribution in [0.15, 0.2) is 94.8 Å². The largest absolute Gasteiger partial charge is 0.337 e. The van der Waals surface area contributed by atoms with Crippen LogP contribution in [0.1, 0.15) is 37.5 Å². The first kappa shape index (κ1) is 23.5. The van der Waals surface area contributed by atoms with Crippen LogP contribution in [-0.2, 0) is 18.5 Å². The highest BCUT2D eigenvalue weighted by Gasteiger charge is 2.20. The first-order valence-electron chi connectivity index (χ1n) is 11.8. The molecule has 0 fully saturated rings. The van der Waals surface area contributed by atoms with Crippen LogP contribution in [0.5, 0.6) is 0 Å². The van der Waals surface area contributed by atoms with Gasteiger partial charge in [0.1, 0.15) is 5.82 Å². The van der Waals surface area contributed by atoms with Crippen LogP contribution in [0, 0.1) is 5.82 Å². The molecule has 0 aliphatic carbocycles. The summed E-state index contributed by atoms with van der Waals surface area (Å²) >= 11 is 0. The maximum Gasteiger partial charge on any atom is 0.337 e. The van der Waals surface area contributed by atoms with Crippen LogP contribution in [0.3, 0.4) is 0 Å². The number of aromatic nitrogens is 4. The third-order valence-electron chi connectivity index (χ3n) is 6.32. The SMILES string of the molecule is CC(C)(C)c1ccc(Cn2cnc3c2c(=O)n(Cc2ccccc2)c(=O)n3-c2cccc(F)c2)cc1. The Kier molecular flexibility index (Phi) is 5.92. The Labute approximate surface area is 207 Å². The topological polar surface area (TPSA) is 61.8 Å². The predicted octanol–water partition coefficient (Wildman–Crippen LogP) is 4.88. The van der Waals surface area contributed by atoms with Gasteiger partial charge >= 0.3 is 5.69 Å². The zero-order valence-electron chi connectivity index (χ0n) is 20.5. The van der Waals surface area contributed by atoms with Gasteiger partial charge in [0.25, 0.3) is 5.56 Å². The fourth-order valence-corrected chi connectivity index (χ4v) is 4.36. The van der Waals surface area contributed by atoms with Crippen molar-refractivity contribution in [2.45, 2.75) is 39.3 Å². The van der Waals surface area contributed by atoms with Gasteiger partial charge in [0, 0.05) is 6.54 Å². The summed E-state index contributed by atoms with van der Waals surface area (Å²) in [5.74, 6) is -0.480. The zero-order valence-corrected chi connectivity index (χ0v) is 20.5. The molecule has 2 aromatic heterocycles. The number of rotatable bonds is 5. The van der Waals surface area contributed by atoms with Gasteiger partial charge in [-0.2, -0.15) is 0 Å². The maximum atomic E-state index is 14.1. The quantitative estimate of drug-likeness (QED) is 0.359. The van der Waals surface area contributed by atoms with E-state index in [2.05, 4.69) is 37.9 Å². The van der Waals surface area contributed by atoms with E-state index in [1.165, 1.54) is 32.9 Å². The molecule has 0 aliphatic rings. The van der Waals surface area contributed by atoms with Crippen molar-refractivity contribution in [2.24, 2.45) is 0 Å². The summed E-state index contributed by atoms with van der Waals surface area (Å²) in [5.41, 5.74) is 2.86. The van der Waals surface area contributed by atoms with Gasteiger partial charge in [0.15, 0.2) is 11.2 Å². The first-order valence-corrected chi connectivity index (χ1v) is 11.8. The highest BCUT2D eigenvalue weighted by Crippen LogP contribution is 2.23. The van der Waals surface area contributed by atoms with Crippen molar-refractivity contribution >= 4 is 11.2 Å². The summed E-state index contributed by atoms with van der Waals surface area (Å²) in [6, 6.07) is 23.3. The third-order valence-corrected chi connectivity index (χ3v) is 6.32. The summed E-state index contributed by atoms with van der Waals surface area (Å²) in [5, 5.41) is 0. The molecule has 7 heteroatoms.